The van der Waals surface area contributed by atoms with Gasteiger partial charge in [0.15, 0.2) is 6.61 Å². The summed E-state index contributed by atoms with van der Waals surface area (Å²) in [5.41, 5.74) is 3.81. The highest BCUT2D eigenvalue weighted by atomic mass is 35.5. The predicted molar refractivity (Wildman–Crippen MR) is 143 cm³/mol. The number of rotatable bonds is 11. The van der Waals surface area contributed by atoms with Crippen molar-refractivity contribution >= 4 is 51.0 Å². The summed E-state index contributed by atoms with van der Waals surface area (Å²) in [5.74, 6) is -0.0499. The second-order valence-electron chi connectivity index (χ2n) is 7.68. The van der Waals surface area contributed by atoms with Gasteiger partial charge in [-0.05, 0) is 60.2 Å². The van der Waals surface area contributed by atoms with Crippen molar-refractivity contribution in [1.82, 2.24) is 5.43 Å². The molecule has 0 aliphatic heterocycles. The van der Waals surface area contributed by atoms with Crippen LogP contribution in [0.2, 0.25) is 5.02 Å². The normalized spacial score (nSPS) is 11.1. The van der Waals surface area contributed by atoms with E-state index in [2.05, 4.69) is 15.8 Å². The topological polar surface area (TPSA) is 126 Å². The molecule has 12 heteroatoms. The smallest absolute Gasteiger partial charge is 0.262 e. The number of hydrogen-bond acceptors (Lipinski definition) is 7. The van der Waals surface area contributed by atoms with E-state index in [1.807, 2.05) is 0 Å². The van der Waals surface area contributed by atoms with Crippen LogP contribution in [-0.4, -0.2) is 53.0 Å². The first-order chi connectivity index (χ1) is 17.6. The molecule has 0 aliphatic carbocycles. The first kappa shape index (κ1) is 27.5. The lowest BCUT2D eigenvalue weighted by molar-refractivity contribution is -0.119. The molecule has 37 heavy (non-hydrogen) atoms. The molecule has 2 N–H and O–H groups in total. The average Bonchev–Trinajstić information content (AvgIpc) is 2.86. The van der Waals surface area contributed by atoms with E-state index in [9.17, 15) is 18.0 Å². The lowest BCUT2D eigenvalue weighted by Crippen LogP contribution is -2.39. The zero-order valence-corrected chi connectivity index (χ0v) is 21.6. The molecule has 0 heterocycles. The number of carbonyl (C=O) groups is 2. The first-order valence-corrected chi connectivity index (χ1v) is 13.1. The Bertz CT molecular complexity index is 1380. The number of halogens is 1. The van der Waals surface area contributed by atoms with Gasteiger partial charge in [0.2, 0.25) is 10.0 Å². The Morgan fingerprint density at radius 1 is 1.00 bits per heavy atom. The van der Waals surface area contributed by atoms with Crippen LogP contribution in [0.1, 0.15) is 5.56 Å². The molecule has 0 radical (unpaired) electrons. The van der Waals surface area contributed by atoms with Gasteiger partial charge in [0.25, 0.3) is 11.8 Å². The van der Waals surface area contributed by atoms with Crippen LogP contribution in [0.5, 0.6) is 11.5 Å². The molecule has 0 spiro atoms. The highest BCUT2D eigenvalue weighted by Crippen LogP contribution is 2.23. The van der Waals surface area contributed by atoms with Gasteiger partial charge in [-0.3, -0.25) is 13.9 Å². The summed E-state index contributed by atoms with van der Waals surface area (Å²) in [5, 5.41) is 7.07. The van der Waals surface area contributed by atoms with E-state index in [1.165, 1.54) is 19.4 Å². The molecular formula is C25H25ClN4O6S. The van der Waals surface area contributed by atoms with Crippen LogP contribution in [-0.2, 0) is 19.6 Å². The third-order valence-corrected chi connectivity index (χ3v) is 6.17. The second kappa shape index (κ2) is 12.7. The second-order valence-corrected chi connectivity index (χ2v) is 10.0. The summed E-state index contributed by atoms with van der Waals surface area (Å²) in [6.07, 6.45) is 2.40. The molecule has 3 aromatic carbocycles. The Morgan fingerprint density at radius 2 is 1.73 bits per heavy atom. The van der Waals surface area contributed by atoms with Crippen molar-refractivity contribution in [1.29, 1.82) is 0 Å². The predicted octanol–water partition coefficient (Wildman–Crippen LogP) is 3.28. The fraction of sp³-hybridized carbons (Fsp3) is 0.160. The number of benzene rings is 3. The van der Waals surface area contributed by atoms with Gasteiger partial charge in [0.05, 0.1) is 25.3 Å². The van der Waals surface area contributed by atoms with E-state index in [0.29, 0.717) is 27.8 Å². The fourth-order valence-corrected chi connectivity index (χ4v) is 4.11. The zero-order chi connectivity index (χ0) is 26.8. The first-order valence-electron chi connectivity index (χ1n) is 10.9. The number of ether oxygens (including phenoxy) is 2. The van der Waals surface area contributed by atoms with Gasteiger partial charge < -0.3 is 14.8 Å². The Morgan fingerprint density at radius 3 is 2.41 bits per heavy atom. The van der Waals surface area contributed by atoms with Crippen molar-refractivity contribution in [3.63, 3.8) is 0 Å². The molecular weight excluding hydrogens is 520 g/mol. The molecule has 0 aliphatic rings. The zero-order valence-electron chi connectivity index (χ0n) is 20.0. The molecule has 0 bridgehead atoms. The van der Waals surface area contributed by atoms with Gasteiger partial charge in [-0.15, -0.1) is 0 Å². The van der Waals surface area contributed by atoms with E-state index in [0.717, 1.165) is 10.6 Å². The van der Waals surface area contributed by atoms with Gasteiger partial charge in [-0.2, -0.15) is 5.10 Å². The monoisotopic (exact) mass is 544 g/mol. The maximum absolute atomic E-state index is 12.3. The van der Waals surface area contributed by atoms with Crippen molar-refractivity contribution in [2.24, 2.45) is 5.10 Å². The molecule has 3 rings (SSSR count). The summed E-state index contributed by atoms with van der Waals surface area (Å²) in [6.45, 7) is -0.659. The molecule has 0 aromatic heterocycles. The van der Waals surface area contributed by atoms with Gasteiger partial charge in [-0.1, -0.05) is 23.7 Å². The van der Waals surface area contributed by atoms with Crippen LogP contribution >= 0.6 is 11.6 Å². The number of hydrazone groups is 1. The number of carbonyl (C=O) groups excluding carboxylic acids is 2. The molecule has 0 fully saturated rings. The molecule has 10 nitrogen and oxygen atoms in total. The van der Waals surface area contributed by atoms with E-state index in [1.54, 1.807) is 66.7 Å². The number of hydrogen-bond donors (Lipinski definition) is 2. The molecule has 0 atom stereocenters. The third-order valence-electron chi connectivity index (χ3n) is 4.79. The number of anilines is 2. The van der Waals surface area contributed by atoms with Crippen LogP contribution in [0.25, 0.3) is 0 Å². The van der Waals surface area contributed by atoms with Gasteiger partial charge in [0.1, 0.15) is 18.0 Å². The highest BCUT2D eigenvalue weighted by molar-refractivity contribution is 7.92. The number of nitrogens with zero attached hydrogens (tertiary/aromatic N) is 2. The molecule has 0 unspecified atom stereocenters. The fourth-order valence-electron chi connectivity index (χ4n) is 3.07. The van der Waals surface area contributed by atoms with Crippen molar-refractivity contribution in [2.45, 2.75) is 0 Å². The SMILES string of the molecule is COc1cccc(N(CC(=O)N/N=C\c2ccc(OCC(=O)Nc3cccc(Cl)c3)cc2)S(C)(=O)=O)c1. The maximum Gasteiger partial charge on any atom is 0.262 e. The van der Waals surface area contributed by atoms with Gasteiger partial charge >= 0.3 is 0 Å². The van der Waals surface area contributed by atoms with Crippen LogP contribution in [0, 0.1) is 0 Å². The van der Waals surface area contributed by atoms with E-state index in [-0.39, 0.29) is 18.2 Å². The van der Waals surface area contributed by atoms with Crippen LogP contribution in [0.4, 0.5) is 11.4 Å². The van der Waals surface area contributed by atoms with E-state index >= 15 is 0 Å². The van der Waals surface area contributed by atoms with E-state index < -0.39 is 22.5 Å². The number of nitrogens with one attached hydrogen (secondary N) is 2. The summed E-state index contributed by atoms with van der Waals surface area (Å²) >= 11 is 5.90. The summed E-state index contributed by atoms with van der Waals surface area (Å²) < 4.78 is 36.0. The van der Waals surface area contributed by atoms with E-state index in [4.69, 9.17) is 21.1 Å². The highest BCUT2D eigenvalue weighted by Gasteiger charge is 2.21. The Labute approximate surface area is 219 Å². The van der Waals surface area contributed by atoms with Crippen molar-refractivity contribution < 1.29 is 27.5 Å². The molecule has 2 amide bonds. The maximum atomic E-state index is 12.3. The molecule has 194 valence electrons. The Kier molecular flexibility index (Phi) is 9.47. The molecule has 3 aromatic rings. The quantitative estimate of drug-likeness (QED) is 0.282. The average molecular weight is 545 g/mol. The summed E-state index contributed by atoms with van der Waals surface area (Å²) in [6, 6.07) is 19.8. The Balaban J connectivity index is 1.50. The number of methoxy groups -OCH3 is 1. The van der Waals surface area contributed by atoms with Gasteiger partial charge in [0, 0.05) is 16.8 Å². The third kappa shape index (κ3) is 8.81. The number of amides is 2. The number of sulfonamides is 1. The van der Waals surface area contributed by atoms with Crippen molar-refractivity contribution in [2.75, 3.05) is 36.1 Å². The largest absolute Gasteiger partial charge is 0.497 e. The minimum atomic E-state index is -3.73. The van der Waals surface area contributed by atoms with Crippen molar-refractivity contribution in [3.05, 3.63) is 83.4 Å². The standard InChI is InChI=1S/C25H25ClN4O6S/c1-35-23-8-4-7-21(14-23)30(37(2,33)34)16-24(31)29-27-15-18-9-11-22(12-10-18)36-17-25(32)28-20-6-3-5-19(26)13-20/h3-15H,16-17H2,1-2H3,(H,28,32)(H,29,31)/b27-15-. The molecule has 0 saturated carbocycles. The Hall–Kier alpha value is -4.09. The van der Waals surface area contributed by atoms with Crippen LogP contribution in [0.3, 0.4) is 0 Å². The minimum Gasteiger partial charge on any atom is -0.497 e. The van der Waals surface area contributed by atoms with Crippen LogP contribution in [0.15, 0.2) is 77.9 Å². The summed E-state index contributed by atoms with van der Waals surface area (Å²) in [7, 11) is -2.27. The minimum absolute atomic E-state index is 0.194. The summed E-state index contributed by atoms with van der Waals surface area (Å²) in [4.78, 5) is 24.4. The van der Waals surface area contributed by atoms with Crippen LogP contribution < -0.4 is 24.5 Å². The van der Waals surface area contributed by atoms with Gasteiger partial charge in [-0.25, -0.2) is 13.8 Å². The molecule has 0 saturated heterocycles. The lowest BCUT2D eigenvalue weighted by Gasteiger charge is -2.21. The van der Waals surface area contributed by atoms with Crippen molar-refractivity contribution in [3.8, 4) is 11.5 Å². The lowest BCUT2D eigenvalue weighted by atomic mass is 10.2.